The molecule has 0 saturated carbocycles. The van der Waals surface area contributed by atoms with Crippen LogP contribution >= 0.6 is 11.8 Å². The lowest BCUT2D eigenvalue weighted by molar-refractivity contribution is -0.110. The first-order chi connectivity index (χ1) is 5.25. The van der Waals surface area contributed by atoms with Crippen LogP contribution in [0.25, 0.3) is 0 Å². The Morgan fingerprint density at radius 3 is 3.18 bits per heavy atom. The minimum atomic E-state index is 0.365. The van der Waals surface area contributed by atoms with E-state index < -0.39 is 0 Å². The van der Waals surface area contributed by atoms with Crippen molar-refractivity contribution >= 4 is 16.9 Å². The highest BCUT2D eigenvalue weighted by atomic mass is 32.2. The lowest BCUT2D eigenvalue weighted by Crippen LogP contribution is -2.03. The van der Waals surface area contributed by atoms with Crippen LogP contribution in [0.5, 0.6) is 0 Å². The standard InChI is InChI=1S/C9H12OS/c1-6-2-3-8-7(4-6)5-9(10)11-8/h6H,2-5H2,1H3. The Morgan fingerprint density at radius 2 is 2.36 bits per heavy atom. The van der Waals surface area contributed by atoms with Gasteiger partial charge in [-0.05, 0) is 30.1 Å². The van der Waals surface area contributed by atoms with Crippen LogP contribution < -0.4 is 0 Å². The third kappa shape index (κ3) is 1.36. The molecule has 1 nitrogen and oxygen atoms in total. The van der Waals surface area contributed by atoms with Crippen molar-refractivity contribution in [3.63, 3.8) is 0 Å². The summed E-state index contributed by atoms with van der Waals surface area (Å²) in [5.74, 6) is 0.806. The maximum atomic E-state index is 11.0. The first-order valence-corrected chi connectivity index (χ1v) is 4.99. The van der Waals surface area contributed by atoms with Crippen LogP contribution in [-0.4, -0.2) is 5.12 Å². The van der Waals surface area contributed by atoms with Crippen molar-refractivity contribution in [1.82, 2.24) is 0 Å². The Balaban J connectivity index is 2.16. The molecule has 0 amide bonds. The fraction of sp³-hybridized carbons (Fsp3) is 0.667. The largest absolute Gasteiger partial charge is 0.286 e. The number of carbonyl (C=O) groups excluding carboxylic acids is 1. The second kappa shape index (κ2) is 2.67. The zero-order valence-corrected chi connectivity index (χ0v) is 7.54. The van der Waals surface area contributed by atoms with Crippen LogP contribution in [-0.2, 0) is 4.79 Å². The summed E-state index contributed by atoms with van der Waals surface area (Å²) < 4.78 is 0. The van der Waals surface area contributed by atoms with Crippen molar-refractivity contribution < 1.29 is 4.79 Å². The van der Waals surface area contributed by atoms with Gasteiger partial charge in [0.1, 0.15) is 0 Å². The maximum Gasteiger partial charge on any atom is 0.197 e. The molecule has 0 radical (unpaired) electrons. The molecule has 0 fully saturated rings. The van der Waals surface area contributed by atoms with E-state index in [4.69, 9.17) is 0 Å². The van der Waals surface area contributed by atoms with Crippen LogP contribution in [0.3, 0.4) is 0 Å². The Kier molecular flexibility index (Phi) is 1.80. The highest BCUT2D eigenvalue weighted by Gasteiger charge is 2.26. The molecule has 0 aromatic rings. The molecule has 1 unspecified atom stereocenters. The van der Waals surface area contributed by atoms with Crippen molar-refractivity contribution in [2.75, 3.05) is 0 Å². The van der Waals surface area contributed by atoms with E-state index in [-0.39, 0.29) is 0 Å². The van der Waals surface area contributed by atoms with Crippen molar-refractivity contribution in [2.24, 2.45) is 5.92 Å². The third-order valence-corrected chi connectivity index (χ3v) is 3.56. The second-order valence-electron chi connectivity index (χ2n) is 3.53. The Labute approximate surface area is 71.2 Å². The van der Waals surface area contributed by atoms with E-state index in [0.29, 0.717) is 5.12 Å². The number of carbonyl (C=O) groups is 1. The summed E-state index contributed by atoms with van der Waals surface area (Å²) in [5, 5.41) is 0.365. The monoisotopic (exact) mass is 168 g/mol. The molecule has 1 atom stereocenters. The second-order valence-corrected chi connectivity index (χ2v) is 4.68. The molecule has 2 rings (SSSR count). The fourth-order valence-electron chi connectivity index (χ4n) is 1.83. The summed E-state index contributed by atoms with van der Waals surface area (Å²) in [4.78, 5) is 12.4. The summed E-state index contributed by atoms with van der Waals surface area (Å²) in [5.41, 5.74) is 1.44. The van der Waals surface area contributed by atoms with Crippen molar-refractivity contribution in [1.29, 1.82) is 0 Å². The SMILES string of the molecule is CC1CCC2=C(CC(=O)S2)C1. The molecular formula is C9H12OS. The van der Waals surface area contributed by atoms with E-state index in [9.17, 15) is 4.79 Å². The molecule has 0 bridgehead atoms. The number of hydrogen-bond acceptors (Lipinski definition) is 2. The van der Waals surface area contributed by atoms with Gasteiger partial charge in [-0.1, -0.05) is 24.3 Å². The Bertz CT molecular complexity index is 230. The fourth-order valence-corrected chi connectivity index (χ4v) is 2.87. The summed E-state index contributed by atoms with van der Waals surface area (Å²) in [6.07, 6.45) is 4.35. The van der Waals surface area contributed by atoms with Crippen LogP contribution in [0, 0.1) is 5.92 Å². The zero-order chi connectivity index (χ0) is 7.84. The van der Waals surface area contributed by atoms with Gasteiger partial charge in [0.2, 0.25) is 0 Å². The van der Waals surface area contributed by atoms with Crippen molar-refractivity contribution in [3.8, 4) is 0 Å². The molecule has 0 N–H and O–H groups in total. The summed E-state index contributed by atoms with van der Waals surface area (Å²) in [6.45, 7) is 2.28. The predicted octanol–water partition coefficient (Wildman–Crippen LogP) is 2.72. The Morgan fingerprint density at radius 1 is 1.55 bits per heavy atom. The molecule has 0 spiro atoms. The van der Waals surface area contributed by atoms with Gasteiger partial charge in [0.25, 0.3) is 0 Å². The van der Waals surface area contributed by atoms with Gasteiger partial charge in [-0.2, -0.15) is 0 Å². The van der Waals surface area contributed by atoms with E-state index in [1.807, 2.05) is 0 Å². The highest BCUT2D eigenvalue weighted by Crippen LogP contribution is 2.43. The zero-order valence-electron chi connectivity index (χ0n) is 6.72. The molecule has 0 aromatic heterocycles. The molecule has 1 heterocycles. The minimum absolute atomic E-state index is 0.365. The van der Waals surface area contributed by atoms with Crippen molar-refractivity contribution in [2.45, 2.75) is 32.6 Å². The third-order valence-electron chi connectivity index (χ3n) is 2.45. The molecule has 1 aliphatic heterocycles. The smallest absolute Gasteiger partial charge is 0.197 e. The van der Waals surface area contributed by atoms with Crippen molar-refractivity contribution in [3.05, 3.63) is 10.5 Å². The first kappa shape index (κ1) is 7.41. The van der Waals surface area contributed by atoms with Gasteiger partial charge in [-0.15, -0.1) is 0 Å². The van der Waals surface area contributed by atoms with Gasteiger partial charge >= 0.3 is 0 Å². The quantitative estimate of drug-likeness (QED) is 0.553. The number of rotatable bonds is 0. The molecule has 0 aromatic carbocycles. The van der Waals surface area contributed by atoms with E-state index >= 15 is 0 Å². The highest BCUT2D eigenvalue weighted by molar-refractivity contribution is 8.17. The van der Waals surface area contributed by atoms with E-state index in [1.54, 1.807) is 0 Å². The topological polar surface area (TPSA) is 17.1 Å². The van der Waals surface area contributed by atoms with Gasteiger partial charge in [0, 0.05) is 6.42 Å². The normalized spacial score (nSPS) is 31.0. The van der Waals surface area contributed by atoms with Crippen LogP contribution in [0.2, 0.25) is 0 Å². The predicted molar refractivity (Wildman–Crippen MR) is 47.3 cm³/mol. The maximum absolute atomic E-state index is 11.0. The number of allylic oxidation sites excluding steroid dienone is 2. The molecule has 1 aliphatic carbocycles. The van der Waals surface area contributed by atoms with E-state index in [0.717, 1.165) is 18.8 Å². The lowest BCUT2D eigenvalue weighted by Gasteiger charge is -2.18. The summed E-state index contributed by atoms with van der Waals surface area (Å²) in [6, 6.07) is 0. The summed E-state index contributed by atoms with van der Waals surface area (Å²) in [7, 11) is 0. The van der Waals surface area contributed by atoms with E-state index in [1.165, 1.54) is 35.1 Å². The van der Waals surface area contributed by atoms with Gasteiger partial charge in [-0.3, -0.25) is 4.79 Å². The van der Waals surface area contributed by atoms with Crippen LogP contribution in [0.15, 0.2) is 10.5 Å². The molecule has 2 heteroatoms. The van der Waals surface area contributed by atoms with Gasteiger partial charge in [-0.25, -0.2) is 0 Å². The average molecular weight is 168 g/mol. The van der Waals surface area contributed by atoms with Gasteiger partial charge < -0.3 is 0 Å². The molecule has 11 heavy (non-hydrogen) atoms. The number of thioether (sulfide) groups is 1. The average Bonchev–Trinajstić information content (AvgIpc) is 2.27. The molecule has 60 valence electrons. The van der Waals surface area contributed by atoms with Crippen LogP contribution in [0.1, 0.15) is 32.6 Å². The number of hydrogen-bond donors (Lipinski definition) is 0. The molecule has 2 aliphatic rings. The van der Waals surface area contributed by atoms with Gasteiger partial charge in [0.15, 0.2) is 5.12 Å². The van der Waals surface area contributed by atoms with Gasteiger partial charge in [0.05, 0.1) is 0 Å². The van der Waals surface area contributed by atoms with E-state index in [2.05, 4.69) is 6.92 Å². The lowest BCUT2D eigenvalue weighted by atomic mass is 9.89. The summed E-state index contributed by atoms with van der Waals surface area (Å²) >= 11 is 1.49. The molecule has 0 saturated heterocycles. The Hall–Kier alpha value is -0.240. The first-order valence-electron chi connectivity index (χ1n) is 4.17. The minimum Gasteiger partial charge on any atom is -0.286 e. The molecular weight excluding hydrogens is 156 g/mol. The van der Waals surface area contributed by atoms with Crippen LogP contribution in [0.4, 0.5) is 0 Å².